The number of pyridine rings is 1. The molecule has 3 heterocycles. The summed E-state index contributed by atoms with van der Waals surface area (Å²) in [6.07, 6.45) is 1.69. The van der Waals surface area contributed by atoms with Crippen LogP contribution in [-0.4, -0.2) is 24.3 Å². The molecule has 0 saturated heterocycles. The van der Waals surface area contributed by atoms with Gasteiger partial charge in [0.05, 0.1) is 5.69 Å². The molecule has 0 aliphatic rings. The molecule has 1 aromatic carbocycles. The third kappa shape index (κ3) is 3.71. The van der Waals surface area contributed by atoms with Crippen molar-refractivity contribution in [1.82, 2.24) is 24.3 Å². The van der Waals surface area contributed by atoms with E-state index in [4.69, 9.17) is 17.4 Å². The second-order valence-electron chi connectivity index (χ2n) is 5.64. The zero-order chi connectivity index (χ0) is 19.0. The van der Waals surface area contributed by atoms with Crippen molar-refractivity contribution < 1.29 is 0 Å². The van der Waals surface area contributed by atoms with Crippen LogP contribution in [0.25, 0.3) is 17.0 Å². The Morgan fingerprint density at radius 1 is 1.19 bits per heavy atom. The normalized spacial score (nSPS) is 11.2. The van der Waals surface area contributed by atoms with Crippen LogP contribution in [0, 0.1) is 0 Å². The molecule has 0 aliphatic heterocycles. The van der Waals surface area contributed by atoms with Gasteiger partial charge in [-0.15, -0.1) is 10.2 Å². The lowest BCUT2D eigenvalue weighted by Crippen LogP contribution is -2.15. The van der Waals surface area contributed by atoms with Crippen LogP contribution in [0.2, 0.25) is 5.02 Å². The van der Waals surface area contributed by atoms with E-state index < -0.39 is 0 Å². The topological polar surface area (TPSA) is 91.1 Å². The molecule has 0 amide bonds. The average molecular weight is 464 g/mol. The molecule has 0 radical (unpaired) electrons. The Balaban J connectivity index is 1.58. The SMILES string of the molecule is Nn1c(SCc2cc(=O)n3cc(Br)ccc3n2)nnc1-c1cccc(Cl)c1. The number of fused-ring (bicyclic) bond motifs is 1. The Bertz CT molecular complexity index is 1210. The molecule has 0 atom stereocenters. The van der Waals surface area contributed by atoms with Crippen molar-refractivity contribution in [1.29, 1.82) is 0 Å². The third-order valence-corrected chi connectivity index (χ3v) is 5.45. The van der Waals surface area contributed by atoms with Gasteiger partial charge >= 0.3 is 0 Å². The summed E-state index contributed by atoms with van der Waals surface area (Å²) in [6.45, 7) is 0. The maximum atomic E-state index is 12.3. The highest BCUT2D eigenvalue weighted by Gasteiger charge is 2.13. The van der Waals surface area contributed by atoms with E-state index in [1.165, 1.54) is 26.9 Å². The highest BCUT2D eigenvalue weighted by atomic mass is 79.9. The molecule has 136 valence electrons. The van der Waals surface area contributed by atoms with Crippen LogP contribution >= 0.6 is 39.3 Å². The second kappa shape index (κ2) is 7.34. The molecule has 0 spiro atoms. The lowest BCUT2D eigenvalue weighted by molar-refractivity contribution is 0.848. The summed E-state index contributed by atoms with van der Waals surface area (Å²) in [4.78, 5) is 16.8. The lowest BCUT2D eigenvalue weighted by atomic mass is 10.2. The minimum atomic E-state index is -0.147. The number of benzene rings is 1. The summed E-state index contributed by atoms with van der Waals surface area (Å²) in [5.74, 6) is 7.07. The van der Waals surface area contributed by atoms with Crippen molar-refractivity contribution in [2.24, 2.45) is 0 Å². The van der Waals surface area contributed by atoms with Gasteiger partial charge in [-0.2, -0.15) is 0 Å². The Kier molecular flexibility index (Phi) is 4.90. The van der Waals surface area contributed by atoms with E-state index >= 15 is 0 Å². The zero-order valence-electron chi connectivity index (χ0n) is 13.7. The van der Waals surface area contributed by atoms with Crippen LogP contribution in [0.5, 0.6) is 0 Å². The fraction of sp³-hybridized carbons (Fsp3) is 0.0588. The first-order valence-corrected chi connectivity index (χ1v) is 9.94. The summed E-state index contributed by atoms with van der Waals surface area (Å²) < 4.78 is 3.70. The van der Waals surface area contributed by atoms with Crippen molar-refractivity contribution in [2.75, 3.05) is 5.84 Å². The van der Waals surface area contributed by atoms with Crippen molar-refractivity contribution in [3.05, 3.63) is 74.2 Å². The van der Waals surface area contributed by atoms with Gasteiger partial charge < -0.3 is 5.84 Å². The van der Waals surface area contributed by atoms with Crippen LogP contribution in [0.15, 0.2) is 63.1 Å². The number of nitrogen functional groups attached to an aromatic ring is 1. The fourth-order valence-corrected chi connectivity index (χ4v) is 3.81. The van der Waals surface area contributed by atoms with Crippen molar-refractivity contribution >= 4 is 44.9 Å². The van der Waals surface area contributed by atoms with Crippen LogP contribution in [-0.2, 0) is 5.75 Å². The number of halogens is 2. The molecular formula is C17H12BrClN6OS. The number of hydrogen-bond donors (Lipinski definition) is 1. The smallest absolute Gasteiger partial charge is 0.258 e. The van der Waals surface area contributed by atoms with E-state index in [-0.39, 0.29) is 5.56 Å². The monoisotopic (exact) mass is 462 g/mol. The summed E-state index contributed by atoms with van der Waals surface area (Å²) in [6, 6.07) is 12.4. The third-order valence-electron chi connectivity index (χ3n) is 3.77. The molecule has 0 unspecified atom stereocenters. The number of thioether (sulfide) groups is 1. The molecule has 10 heteroatoms. The van der Waals surface area contributed by atoms with Crippen LogP contribution in [0.1, 0.15) is 5.69 Å². The Morgan fingerprint density at radius 2 is 2.04 bits per heavy atom. The maximum absolute atomic E-state index is 12.3. The molecule has 2 N–H and O–H groups in total. The predicted octanol–water partition coefficient (Wildman–Crippen LogP) is 3.38. The highest BCUT2D eigenvalue weighted by Crippen LogP contribution is 2.25. The molecule has 0 bridgehead atoms. The van der Waals surface area contributed by atoms with E-state index in [2.05, 4.69) is 31.1 Å². The summed E-state index contributed by atoms with van der Waals surface area (Å²) in [5.41, 5.74) is 1.84. The fourth-order valence-electron chi connectivity index (χ4n) is 2.54. The van der Waals surface area contributed by atoms with E-state index in [9.17, 15) is 4.79 Å². The molecule has 0 saturated carbocycles. The van der Waals surface area contributed by atoms with Gasteiger partial charge in [-0.25, -0.2) is 9.66 Å². The minimum absolute atomic E-state index is 0.147. The van der Waals surface area contributed by atoms with Gasteiger partial charge in [-0.05, 0) is 40.2 Å². The standard InChI is InChI=1S/C17H12BrClN6OS/c18-11-4-5-14-21-13(7-15(26)24(14)8-11)9-27-17-23-22-16(25(17)20)10-2-1-3-12(19)6-10/h1-8H,9,20H2. The lowest BCUT2D eigenvalue weighted by Gasteiger charge is -2.05. The van der Waals surface area contributed by atoms with Gasteiger partial charge in [-0.3, -0.25) is 9.20 Å². The van der Waals surface area contributed by atoms with Crippen molar-refractivity contribution in [3.63, 3.8) is 0 Å². The molecule has 27 heavy (non-hydrogen) atoms. The van der Waals surface area contributed by atoms with Gasteiger partial charge in [0.25, 0.3) is 5.56 Å². The maximum Gasteiger partial charge on any atom is 0.258 e. The minimum Gasteiger partial charge on any atom is -0.335 e. The summed E-state index contributed by atoms with van der Waals surface area (Å²) in [5, 5.41) is 9.37. The first kappa shape index (κ1) is 18.0. The first-order chi connectivity index (χ1) is 13.0. The molecule has 0 fully saturated rings. The molecule has 4 rings (SSSR count). The van der Waals surface area contributed by atoms with Crippen LogP contribution in [0.4, 0.5) is 0 Å². The Morgan fingerprint density at radius 3 is 2.85 bits per heavy atom. The number of hydrogen-bond acceptors (Lipinski definition) is 6. The van der Waals surface area contributed by atoms with Gasteiger partial charge in [-0.1, -0.05) is 35.5 Å². The summed E-state index contributed by atoms with van der Waals surface area (Å²) >= 11 is 10.7. The number of rotatable bonds is 4. The molecule has 3 aromatic heterocycles. The highest BCUT2D eigenvalue weighted by molar-refractivity contribution is 9.10. The van der Waals surface area contributed by atoms with Crippen LogP contribution < -0.4 is 11.4 Å². The molecular weight excluding hydrogens is 452 g/mol. The Labute approximate surface area is 171 Å². The Hall–Kier alpha value is -2.36. The summed E-state index contributed by atoms with van der Waals surface area (Å²) in [7, 11) is 0. The van der Waals surface area contributed by atoms with E-state index in [1.54, 1.807) is 24.4 Å². The average Bonchev–Trinajstić information content (AvgIpc) is 3.01. The largest absolute Gasteiger partial charge is 0.335 e. The van der Waals surface area contributed by atoms with Gasteiger partial charge in [0, 0.05) is 33.1 Å². The first-order valence-electron chi connectivity index (χ1n) is 7.78. The van der Waals surface area contributed by atoms with Crippen LogP contribution in [0.3, 0.4) is 0 Å². The van der Waals surface area contributed by atoms with Crippen molar-refractivity contribution in [2.45, 2.75) is 10.9 Å². The predicted molar refractivity (Wildman–Crippen MR) is 109 cm³/mol. The number of nitrogens with two attached hydrogens (primary N) is 1. The second-order valence-corrected chi connectivity index (χ2v) is 7.93. The van der Waals surface area contributed by atoms with E-state index in [0.717, 1.165) is 10.0 Å². The van der Waals surface area contributed by atoms with Gasteiger partial charge in [0.15, 0.2) is 5.82 Å². The van der Waals surface area contributed by atoms with E-state index in [1.807, 2.05) is 18.2 Å². The van der Waals surface area contributed by atoms with Crippen molar-refractivity contribution in [3.8, 4) is 11.4 Å². The molecule has 7 nitrogen and oxygen atoms in total. The molecule has 4 aromatic rings. The molecule has 0 aliphatic carbocycles. The van der Waals surface area contributed by atoms with E-state index in [0.29, 0.717) is 33.1 Å². The van der Waals surface area contributed by atoms with Gasteiger partial charge in [0.2, 0.25) is 5.16 Å². The number of aromatic nitrogens is 5. The number of nitrogens with zero attached hydrogens (tertiary/aromatic N) is 5. The van der Waals surface area contributed by atoms with Gasteiger partial charge in [0.1, 0.15) is 5.65 Å². The zero-order valence-corrected chi connectivity index (χ0v) is 16.9. The quantitative estimate of drug-likeness (QED) is 0.368.